The van der Waals surface area contributed by atoms with Gasteiger partial charge in [0.1, 0.15) is 19.0 Å². The Kier molecular flexibility index (Phi) is 5.55. The monoisotopic (exact) mass is 363 g/mol. The van der Waals surface area contributed by atoms with Crippen LogP contribution < -0.4 is 19.5 Å². The van der Waals surface area contributed by atoms with Crippen LogP contribution in [0.1, 0.15) is 24.9 Å². The topological polar surface area (TPSA) is 56.8 Å². The highest BCUT2D eigenvalue weighted by Crippen LogP contribution is 2.33. The molecule has 1 aliphatic heterocycles. The number of nitrogens with one attached hydrogen (secondary N) is 1. The van der Waals surface area contributed by atoms with Gasteiger partial charge in [-0.05, 0) is 36.2 Å². The fourth-order valence-corrected chi connectivity index (χ4v) is 2.67. The molecule has 2 aromatic carbocycles. The lowest BCUT2D eigenvalue weighted by Crippen LogP contribution is -2.32. The SMILES string of the molecule is CC[C@@H](NC(=O)COc1ccc(F)cc1F)c1ccc2c(c1)OCCO2. The van der Waals surface area contributed by atoms with Crippen LogP contribution >= 0.6 is 0 Å². The molecule has 3 rings (SSSR count). The number of amides is 1. The third-order valence-electron chi connectivity index (χ3n) is 3.96. The minimum atomic E-state index is -0.850. The number of hydrogen-bond donors (Lipinski definition) is 1. The molecule has 7 heteroatoms. The van der Waals surface area contributed by atoms with Crippen molar-refractivity contribution in [2.24, 2.45) is 0 Å². The maximum absolute atomic E-state index is 13.5. The number of halogens is 2. The fourth-order valence-electron chi connectivity index (χ4n) is 2.67. The standard InChI is InChI=1S/C19H19F2NO4/c1-2-15(12-3-5-17-18(9-12)25-8-7-24-17)22-19(23)11-26-16-6-4-13(20)10-14(16)21/h3-6,9-10,15H,2,7-8,11H2,1H3,(H,22,23)/t15-/m1/s1. The third kappa shape index (κ3) is 4.22. The molecule has 0 saturated carbocycles. The lowest BCUT2D eigenvalue weighted by molar-refractivity contribution is -0.123. The first-order valence-corrected chi connectivity index (χ1v) is 8.33. The molecule has 1 N–H and O–H groups in total. The Bertz CT molecular complexity index is 797. The molecule has 138 valence electrons. The highest BCUT2D eigenvalue weighted by atomic mass is 19.1. The van der Waals surface area contributed by atoms with E-state index in [0.29, 0.717) is 37.2 Å². The normalized spacial score (nSPS) is 13.8. The number of benzene rings is 2. The van der Waals surface area contributed by atoms with Gasteiger partial charge in [0, 0.05) is 6.07 Å². The molecule has 0 aromatic heterocycles. The molecule has 5 nitrogen and oxygen atoms in total. The highest BCUT2D eigenvalue weighted by molar-refractivity contribution is 5.78. The smallest absolute Gasteiger partial charge is 0.258 e. The van der Waals surface area contributed by atoms with Gasteiger partial charge in [-0.2, -0.15) is 0 Å². The van der Waals surface area contributed by atoms with Crippen molar-refractivity contribution >= 4 is 5.91 Å². The predicted octanol–water partition coefficient (Wildman–Crippen LogP) is 3.38. The van der Waals surface area contributed by atoms with Crippen LogP contribution in [0.25, 0.3) is 0 Å². The molecule has 0 aliphatic carbocycles. The second-order valence-corrected chi connectivity index (χ2v) is 5.79. The van der Waals surface area contributed by atoms with Crippen molar-refractivity contribution in [3.8, 4) is 17.2 Å². The lowest BCUT2D eigenvalue weighted by atomic mass is 10.0. The lowest BCUT2D eigenvalue weighted by Gasteiger charge is -2.22. The number of fused-ring (bicyclic) bond motifs is 1. The number of carbonyl (C=O) groups excluding carboxylic acids is 1. The van der Waals surface area contributed by atoms with E-state index in [0.717, 1.165) is 17.7 Å². The summed E-state index contributed by atoms with van der Waals surface area (Å²) in [6.07, 6.45) is 0.649. The average Bonchev–Trinajstić information content (AvgIpc) is 2.65. The zero-order valence-corrected chi connectivity index (χ0v) is 14.3. The molecule has 26 heavy (non-hydrogen) atoms. The third-order valence-corrected chi connectivity index (χ3v) is 3.96. The van der Waals surface area contributed by atoms with E-state index >= 15 is 0 Å². The van der Waals surface area contributed by atoms with Gasteiger partial charge >= 0.3 is 0 Å². The van der Waals surface area contributed by atoms with Gasteiger partial charge in [-0.3, -0.25) is 4.79 Å². The van der Waals surface area contributed by atoms with E-state index in [1.54, 1.807) is 0 Å². The van der Waals surface area contributed by atoms with E-state index in [4.69, 9.17) is 14.2 Å². The summed E-state index contributed by atoms with van der Waals surface area (Å²) in [6, 6.07) is 8.18. The van der Waals surface area contributed by atoms with Gasteiger partial charge < -0.3 is 19.5 Å². The summed E-state index contributed by atoms with van der Waals surface area (Å²) >= 11 is 0. The number of hydrogen-bond acceptors (Lipinski definition) is 4. The molecule has 0 spiro atoms. The minimum absolute atomic E-state index is 0.172. The van der Waals surface area contributed by atoms with E-state index in [1.165, 1.54) is 0 Å². The summed E-state index contributed by atoms with van der Waals surface area (Å²) in [4.78, 5) is 12.1. The Balaban J connectivity index is 1.61. The molecule has 1 heterocycles. The van der Waals surface area contributed by atoms with Gasteiger partial charge in [0.25, 0.3) is 5.91 Å². The molecule has 1 atom stereocenters. The summed E-state index contributed by atoms with van der Waals surface area (Å²) in [6.45, 7) is 2.56. The maximum Gasteiger partial charge on any atom is 0.258 e. The molecule has 0 saturated heterocycles. The van der Waals surface area contributed by atoms with Crippen molar-refractivity contribution in [1.82, 2.24) is 5.32 Å². The first-order valence-electron chi connectivity index (χ1n) is 8.33. The van der Waals surface area contributed by atoms with Gasteiger partial charge in [-0.15, -0.1) is 0 Å². The van der Waals surface area contributed by atoms with Crippen LogP contribution in [0.3, 0.4) is 0 Å². The molecule has 0 radical (unpaired) electrons. The Hall–Kier alpha value is -2.83. The number of carbonyl (C=O) groups is 1. The van der Waals surface area contributed by atoms with Crippen LogP contribution in [0.2, 0.25) is 0 Å². The Morgan fingerprint density at radius 2 is 1.92 bits per heavy atom. The number of rotatable bonds is 6. The fraction of sp³-hybridized carbons (Fsp3) is 0.316. The van der Waals surface area contributed by atoms with Gasteiger partial charge in [-0.25, -0.2) is 8.78 Å². The average molecular weight is 363 g/mol. The Morgan fingerprint density at radius 1 is 1.15 bits per heavy atom. The summed E-state index contributed by atoms with van der Waals surface area (Å²) in [5, 5.41) is 2.83. The van der Waals surface area contributed by atoms with Crippen LogP contribution in [0.5, 0.6) is 17.2 Å². The molecular weight excluding hydrogens is 344 g/mol. The molecule has 2 aromatic rings. The van der Waals surface area contributed by atoms with E-state index < -0.39 is 17.5 Å². The van der Waals surface area contributed by atoms with Crippen molar-refractivity contribution in [2.45, 2.75) is 19.4 Å². The van der Waals surface area contributed by atoms with Crippen molar-refractivity contribution in [3.05, 3.63) is 53.6 Å². The first-order chi connectivity index (χ1) is 12.6. The second-order valence-electron chi connectivity index (χ2n) is 5.79. The van der Waals surface area contributed by atoms with Crippen LogP contribution in [-0.2, 0) is 4.79 Å². The van der Waals surface area contributed by atoms with Gasteiger partial charge in [-0.1, -0.05) is 13.0 Å². The maximum atomic E-state index is 13.5. The van der Waals surface area contributed by atoms with Crippen molar-refractivity contribution in [3.63, 3.8) is 0 Å². The van der Waals surface area contributed by atoms with Crippen molar-refractivity contribution in [1.29, 1.82) is 0 Å². The van der Waals surface area contributed by atoms with Gasteiger partial charge in [0.15, 0.2) is 29.7 Å². The van der Waals surface area contributed by atoms with Crippen molar-refractivity contribution < 1.29 is 27.8 Å². The largest absolute Gasteiger partial charge is 0.486 e. The number of ether oxygens (including phenoxy) is 3. The van der Waals surface area contributed by atoms with Crippen LogP contribution in [0.15, 0.2) is 36.4 Å². The van der Waals surface area contributed by atoms with Crippen molar-refractivity contribution in [2.75, 3.05) is 19.8 Å². The highest BCUT2D eigenvalue weighted by Gasteiger charge is 2.18. The Morgan fingerprint density at radius 3 is 2.65 bits per heavy atom. The summed E-state index contributed by atoms with van der Waals surface area (Å²) in [7, 11) is 0. The van der Waals surface area contributed by atoms with E-state index in [9.17, 15) is 13.6 Å². The van der Waals surface area contributed by atoms with E-state index in [-0.39, 0.29) is 18.4 Å². The molecule has 1 aliphatic rings. The Labute approximate surface area is 149 Å². The molecule has 0 fully saturated rings. The second kappa shape index (κ2) is 8.03. The minimum Gasteiger partial charge on any atom is -0.486 e. The summed E-state index contributed by atoms with van der Waals surface area (Å²) < 4.78 is 42.6. The molecule has 0 bridgehead atoms. The van der Waals surface area contributed by atoms with Gasteiger partial charge in [0.2, 0.25) is 0 Å². The van der Waals surface area contributed by atoms with Crippen LogP contribution in [-0.4, -0.2) is 25.7 Å². The van der Waals surface area contributed by atoms with E-state index in [2.05, 4.69) is 5.32 Å². The van der Waals surface area contributed by atoms with E-state index in [1.807, 2.05) is 25.1 Å². The molecule has 1 amide bonds. The predicted molar refractivity (Wildman–Crippen MR) is 90.5 cm³/mol. The molecule has 0 unspecified atom stereocenters. The zero-order chi connectivity index (χ0) is 18.5. The summed E-state index contributed by atoms with van der Waals surface area (Å²) in [5.41, 5.74) is 0.873. The first kappa shape index (κ1) is 18.0. The van der Waals surface area contributed by atoms with Gasteiger partial charge in [0.05, 0.1) is 6.04 Å². The van der Waals surface area contributed by atoms with Crippen LogP contribution in [0.4, 0.5) is 8.78 Å². The summed E-state index contributed by atoms with van der Waals surface area (Å²) in [5.74, 6) is -0.813. The molecular formula is C19H19F2NO4. The van der Waals surface area contributed by atoms with Crippen LogP contribution in [0, 0.1) is 11.6 Å². The quantitative estimate of drug-likeness (QED) is 0.855. The zero-order valence-electron chi connectivity index (χ0n) is 14.3.